The van der Waals surface area contributed by atoms with Gasteiger partial charge in [-0.15, -0.1) is 0 Å². The maximum atomic E-state index is 12.8. The van der Waals surface area contributed by atoms with Gasteiger partial charge in [0.25, 0.3) is 0 Å². The van der Waals surface area contributed by atoms with Crippen molar-refractivity contribution in [3.05, 3.63) is 27.8 Å². The SMILES string of the molecule is Cc1cc(=O)c(O)c(C(CC(=O)N2CCOCC2)C2CCCCC2)o1. The summed E-state index contributed by atoms with van der Waals surface area (Å²) in [5.41, 5.74) is -0.432. The zero-order valence-electron chi connectivity index (χ0n) is 14.8. The smallest absolute Gasteiger partial charge is 0.227 e. The molecule has 25 heavy (non-hydrogen) atoms. The van der Waals surface area contributed by atoms with Crippen molar-refractivity contribution >= 4 is 5.91 Å². The van der Waals surface area contributed by atoms with Crippen LogP contribution in [0.4, 0.5) is 0 Å². The van der Waals surface area contributed by atoms with E-state index in [0.717, 1.165) is 25.7 Å². The quantitative estimate of drug-likeness (QED) is 0.904. The first-order valence-electron chi connectivity index (χ1n) is 9.25. The van der Waals surface area contributed by atoms with Crippen molar-refractivity contribution < 1.29 is 19.1 Å². The number of aryl methyl sites for hydroxylation is 1. The van der Waals surface area contributed by atoms with Gasteiger partial charge in [-0.2, -0.15) is 0 Å². The highest BCUT2D eigenvalue weighted by Crippen LogP contribution is 2.41. The van der Waals surface area contributed by atoms with Crippen molar-refractivity contribution in [3.8, 4) is 5.75 Å². The van der Waals surface area contributed by atoms with Gasteiger partial charge < -0.3 is 19.2 Å². The average molecular weight is 349 g/mol. The van der Waals surface area contributed by atoms with E-state index in [1.165, 1.54) is 12.5 Å². The lowest BCUT2D eigenvalue weighted by Gasteiger charge is -2.32. The number of rotatable bonds is 4. The monoisotopic (exact) mass is 349 g/mol. The Labute approximate surface area is 147 Å². The summed E-state index contributed by atoms with van der Waals surface area (Å²) in [4.78, 5) is 26.6. The Morgan fingerprint density at radius 3 is 2.64 bits per heavy atom. The first kappa shape index (κ1) is 18.0. The minimum Gasteiger partial charge on any atom is -0.502 e. The molecule has 6 heteroatoms. The van der Waals surface area contributed by atoms with Gasteiger partial charge in [0.2, 0.25) is 17.1 Å². The van der Waals surface area contributed by atoms with Gasteiger partial charge in [-0.3, -0.25) is 9.59 Å². The fraction of sp³-hybridized carbons (Fsp3) is 0.684. The highest BCUT2D eigenvalue weighted by Gasteiger charge is 2.33. The molecular formula is C19H27NO5. The molecule has 2 aliphatic rings. The summed E-state index contributed by atoms with van der Waals surface area (Å²) in [6, 6.07) is 1.29. The van der Waals surface area contributed by atoms with Gasteiger partial charge in [0, 0.05) is 31.5 Å². The second-order valence-electron chi connectivity index (χ2n) is 7.14. The number of ether oxygens (including phenoxy) is 1. The predicted molar refractivity (Wildman–Crippen MR) is 92.7 cm³/mol. The molecular weight excluding hydrogens is 322 g/mol. The molecule has 138 valence electrons. The second kappa shape index (κ2) is 8.04. The third-order valence-electron chi connectivity index (χ3n) is 5.39. The molecule has 1 atom stereocenters. The molecule has 1 amide bonds. The second-order valence-corrected chi connectivity index (χ2v) is 7.14. The van der Waals surface area contributed by atoms with Crippen LogP contribution in [0.15, 0.2) is 15.3 Å². The zero-order chi connectivity index (χ0) is 17.8. The van der Waals surface area contributed by atoms with Crippen molar-refractivity contribution in [1.82, 2.24) is 4.90 Å². The number of morpholine rings is 1. The lowest BCUT2D eigenvalue weighted by Crippen LogP contribution is -2.41. The van der Waals surface area contributed by atoms with Gasteiger partial charge in [0.1, 0.15) is 5.76 Å². The summed E-state index contributed by atoms with van der Waals surface area (Å²) < 4.78 is 11.1. The van der Waals surface area contributed by atoms with Crippen LogP contribution in [0.3, 0.4) is 0 Å². The van der Waals surface area contributed by atoms with Crippen LogP contribution in [0.2, 0.25) is 0 Å². The summed E-state index contributed by atoms with van der Waals surface area (Å²) >= 11 is 0. The van der Waals surface area contributed by atoms with Gasteiger partial charge in [-0.05, 0) is 25.7 Å². The van der Waals surface area contributed by atoms with Crippen LogP contribution in [0, 0.1) is 12.8 Å². The molecule has 1 unspecified atom stereocenters. The van der Waals surface area contributed by atoms with Crippen LogP contribution in [0.25, 0.3) is 0 Å². The van der Waals surface area contributed by atoms with Crippen molar-refractivity contribution in [2.75, 3.05) is 26.3 Å². The number of carbonyl (C=O) groups excluding carboxylic acids is 1. The third-order valence-corrected chi connectivity index (χ3v) is 5.39. The van der Waals surface area contributed by atoms with Gasteiger partial charge in [0.05, 0.1) is 13.2 Å². The fourth-order valence-corrected chi connectivity index (χ4v) is 4.02. The molecule has 1 saturated carbocycles. The molecule has 0 bridgehead atoms. The van der Waals surface area contributed by atoms with Gasteiger partial charge in [-0.25, -0.2) is 0 Å². The Morgan fingerprint density at radius 2 is 1.96 bits per heavy atom. The molecule has 0 aromatic carbocycles. The summed E-state index contributed by atoms with van der Waals surface area (Å²) in [5, 5.41) is 10.3. The Balaban J connectivity index is 1.87. The Hall–Kier alpha value is -1.82. The maximum absolute atomic E-state index is 12.8. The first-order chi connectivity index (χ1) is 12.1. The van der Waals surface area contributed by atoms with Crippen molar-refractivity contribution in [2.24, 2.45) is 5.92 Å². The summed E-state index contributed by atoms with van der Waals surface area (Å²) in [6.07, 6.45) is 5.69. The first-order valence-corrected chi connectivity index (χ1v) is 9.25. The molecule has 6 nitrogen and oxygen atoms in total. The van der Waals surface area contributed by atoms with Crippen molar-refractivity contribution in [3.63, 3.8) is 0 Å². The molecule has 1 saturated heterocycles. The zero-order valence-corrected chi connectivity index (χ0v) is 14.8. The van der Waals surface area contributed by atoms with Crippen LogP contribution in [0.1, 0.15) is 56.0 Å². The van der Waals surface area contributed by atoms with E-state index in [9.17, 15) is 14.7 Å². The Bertz CT molecular complexity index is 656. The number of hydrogen-bond donors (Lipinski definition) is 1. The van der Waals surface area contributed by atoms with E-state index >= 15 is 0 Å². The molecule has 1 aromatic heterocycles. The van der Waals surface area contributed by atoms with Crippen molar-refractivity contribution in [2.45, 2.75) is 51.4 Å². The summed E-state index contributed by atoms with van der Waals surface area (Å²) in [7, 11) is 0. The molecule has 1 N–H and O–H groups in total. The summed E-state index contributed by atoms with van der Waals surface area (Å²) in [5.74, 6) is 0.479. The largest absolute Gasteiger partial charge is 0.502 e. The lowest BCUT2D eigenvalue weighted by molar-refractivity contribution is -0.136. The minimum absolute atomic E-state index is 0.0439. The predicted octanol–water partition coefficient (Wildman–Crippen LogP) is 2.57. The standard InChI is InChI=1S/C19H27NO5/c1-13-11-16(21)18(23)19(25-13)15(14-5-3-2-4-6-14)12-17(22)20-7-9-24-10-8-20/h11,14-15,23H,2-10,12H2,1H3. The van der Waals surface area contributed by atoms with Gasteiger partial charge in [-0.1, -0.05) is 19.3 Å². The number of hydrogen-bond acceptors (Lipinski definition) is 5. The van der Waals surface area contributed by atoms with Crippen molar-refractivity contribution in [1.29, 1.82) is 0 Å². The van der Waals surface area contributed by atoms with E-state index in [1.807, 2.05) is 4.90 Å². The number of amides is 1. The van der Waals surface area contributed by atoms with E-state index in [-0.39, 0.29) is 29.9 Å². The van der Waals surface area contributed by atoms with Crippen LogP contribution in [0.5, 0.6) is 5.75 Å². The average Bonchev–Trinajstić information content (AvgIpc) is 2.64. The van der Waals surface area contributed by atoms with E-state index in [2.05, 4.69) is 0 Å². The number of aromatic hydroxyl groups is 1. The molecule has 1 aromatic rings. The van der Waals surface area contributed by atoms with E-state index < -0.39 is 5.43 Å². The Kier molecular flexibility index (Phi) is 5.78. The topological polar surface area (TPSA) is 80.0 Å². The van der Waals surface area contributed by atoms with Crippen LogP contribution in [-0.2, 0) is 9.53 Å². The molecule has 1 aliphatic carbocycles. The minimum atomic E-state index is -0.432. The number of nitrogens with zero attached hydrogens (tertiary/aromatic N) is 1. The lowest BCUT2D eigenvalue weighted by atomic mass is 9.77. The van der Waals surface area contributed by atoms with Crippen LogP contribution in [-0.4, -0.2) is 42.2 Å². The molecule has 3 rings (SSSR count). The van der Waals surface area contributed by atoms with E-state index in [1.54, 1.807) is 6.92 Å². The maximum Gasteiger partial charge on any atom is 0.227 e. The normalized spacial score (nSPS) is 20.4. The van der Waals surface area contributed by atoms with Gasteiger partial charge in [0.15, 0.2) is 5.76 Å². The summed E-state index contributed by atoms with van der Waals surface area (Å²) in [6.45, 7) is 4.02. The highest BCUT2D eigenvalue weighted by atomic mass is 16.5. The fourth-order valence-electron chi connectivity index (χ4n) is 4.02. The van der Waals surface area contributed by atoms with E-state index in [0.29, 0.717) is 37.8 Å². The van der Waals surface area contributed by atoms with Crippen LogP contribution < -0.4 is 5.43 Å². The molecule has 0 radical (unpaired) electrons. The number of carbonyl (C=O) groups is 1. The molecule has 0 spiro atoms. The molecule has 2 fully saturated rings. The van der Waals surface area contributed by atoms with E-state index in [4.69, 9.17) is 9.15 Å². The molecule has 1 aliphatic heterocycles. The highest BCUT2D eigenvalue weighted by molar-refractivity contribution is 5.77. The third kappa shape index (κ3) is 4.24. The molecule has 2 heterocycles. The Morgan fingerprint density at radius 1 is 1.28 bits per heavy atom. The van der Waals surface area contributed by atoms with Crippen LogP contribution >= 0.6 is 0 Å². The van der Waals surface area contributed by atoms with Gasteiger partial charge >= 0.3 is 0 Å².